The van der Waals surface area contributed by atoms with E-state index in [0.29, 0.717) is 22.4 Å². The van der Waals surface area contributed by atoms with E-state index >= 15 is 0 Å². The van der Waals surface area contributed by atoms with Crippen LogP contribution in [0.25, 0.3) is 11.5 Å². The third-order valence-corrected chi connectivity index (χ3v) is 5.03. The highest BCUT2D eigenvalue weighted by molar-refractivity contribution is 6.31. The molecule has 7 nitrogen and oxygen atoms in total. The van der Waals surface area contributed by atoms with E-state index in [4.69, 9.17) is 20.8 Å². The Kier molecular flexibility index (Phi) is 8.00. The van der Waals surface area contributed by atoms with Gasteiger partial charge in [0, 0.05) is 23.4 Å². The van der Waals surface area contributed by atoms with E-state index in [1.165, 1.54) is 0 Å². The van der Waals surface area contributed by atoms with Crippen molar-refractivity contribution in [2.75, 3.05) is 0 Å². The van der Waals surface area contributed by atoms with E-state index in [1.54, 1.807) is 38.1 Å². The van der Waals surface area contributed by atoms with Crippen molar-refractivity contribution in [1.82, 2.24) is 15.5 Å². The van der Waals surface area contributed by atoms with Gasteiger partial charge in [0.25, 0.3) is 0 Å². The molecule has 1 amide bonds. The second-order valence-corrected chi connectivity index (χ2v) is 8.16. The molecule has 3 rings (SSSR count). The first kappa shape index (κ1) is 23.5. The summed E-state index contributed by atoms with van der Waals surface area (Å²) in [5, 5.41) is 11.4. The summed E-state index contributed by atoms with van der Waals surface area (Å²) in [6, 6.07) is 14.2. The van der Waals surface area contributed by atoms with Crippen molar-refractivity contribution in [3.05, 3.63) is 70.6 Å². The van der Waals surface area contributed by atoms with Gasteiger partial charge in [0.1, 0.15) is 0 Å². The number of rotatable bonds is 9. The summed E-state index contributed by atoms with van der Waals surface area (Å²) in [4.78, 5) is 24.9. The molecule has 0 bridgehead atoms. The van der Waals surface area contributed by atoms with Crippen molar-refractivity contribution in [2.24, 2.45) is 0 Å². The molecular formula is C24H26ClN3O4. The zero-order chi connectivity index (χ0) is 23.1. The number of esters is 1. The monoisotopic (exact) mass is 455 g/mol. The van der Waals surface area contributed by atoms with Gasteiger partial charge in [-0.2, -0.15) is 0 Å². The number of benzene rings is 2. The minimum Gasteiger partial charge on any atom is -0.463 e. The number of aromatic nitrogens is 2. The molecule has 168 valence electrons. The summed E-state index contributed by atoms with van der Waals surface area (Å²) in [6.07, 6.45) is 0.128. The van der Waals surface area contributed by atoms with Gasteiger partial charge in [-0.15, -0.1) is 10.2 Å². The quantitative estimate of drug-likeness (QED) is 0.464. The lowest BCUT2D eigenvalue weighted by Crippen LogP contribution is -2.31. The highest BCUT2D eigenvalue weighted by Gasteiger charge is 2.22. The number of aryl methyl sites for hydroxylation is 2. The summed E-state index contributed by atoms with van der Waals surface area (Å²) in [5.41, 5.74) is 2.61. The highest BCUT2D eigenvalue weighted by atomic mass is 35.5. The average Bonchev–Trinajstić information content (AvgIpc) is 3.21. The summed E-state index contributed by atoms with van der Waals surface area (Å²) >= 11 is 6.30. The van der Waals surface area contributed by atoms with Gasteiger partial charge in [-0.25, -0.2) is 0 Å². The summed E-state index contributed by atoms with van der Waals surface area (Å²) in [5.74, 6) is 0.0993. The fourth-order valence-corrected chi connectivity index (χ4v) is 3.40. The second kappa shape index (κ2) is 10.9. The van der Waals surface area contributed by atoms with Gasteiger partial charge in [-0.05, 0) is 44.5 Å². The van der Waals surface area contributed by atoms with Crippen LogP contribution in [-0.2, 0) is 20.7 Å². The molecule has 2 aromatic carbocycles. The molecule has 0 aliphatic rings. The minimum absolute atomic E-state index is 0.0220. The zero-order valence-corrected chi connectivity index (χ0v) is 19.1. The Morgan fingerprint density at radius 2 is 1.81 bits per heavy atom. The Morgan fingerprint density at radius 1 is 1.09 bits per heavy atom. The van der Waals surface area contributed by atoms with E-state index in [9.17, 15) is 9.59 Å². The normalized spacial score (nSPS) is 11.9. The lowest BCUT2D eigenvalue weighted by atomic mass is 10.0. The van der Waals surface area contributed by atoms with Gasteiger partial charge in [0.2, 0.25) is 17.7 Å². The van der Waals surface area contributed by atoms with Crippen LogP contribution < -0.4 is 5.32 Å². The molecule has 1 heterocycles. The van der Waals surface area contributed by atoms with Gasteiger partial charge >= 0.3 is 5.97 Å². The van der Waals surface area contributed by atoms with E-state index in [-0.39, 0.29) is 31.3 Å². The molecule has 0 aliphatic carbocycles. The first-order valence-electron chi connectivity index (χ1n) is 10.4. The highest BCUT2D eigenvalue weighted by Crippen LogP contribution is 2.26. The third kappa shape index (κ3) is 6.65. The lowest BCUT2D eigenvalue weighted by Gasteiger charge is -2.20. The number of carbonyl (C=O) groups is 2. The van der Waals surface area contributed by atoms with Crippen LogP contribution in [0, 0.1) is 6.92 Å². The van der Waals surface area contributed by atoms with Crippen LogP contribution >= 0.6 is 11.6 Å². The Balaban J connectivity index is 1.63. The van der Waals surface area contributed by atoms with E-state index < -0.39 is 12.0 Å². The summed E-state index contributed by atoms with van der Waals surface area (Å²) in [6.45, 7) is 5.55. The first-order valence-corrected chi connectivity index (χ1v) is 10.8. The van der Waals surface area contributed by atoms with Crippen LogP contribution in [0.3, 0.4) is 0 Å². The first-order chi connectivity index (χ1) is 15.3. The van der Waals surface area contributed by atoms with Gasteiger partial charge < -0.3 is 14.5 Å². The van der Waals surface area contributed by atoms with E-state index in [1.807, 2.05) is 31.2 Å². The minimum atomic E-state index is -0.603. The molecule has 3 aromatic rings. The van der Waals surface area contributed by atoms with Crippen molar-refractivity contribution in [2.45, 2.75) is 52.2 Å². The molecule has 0 aliphatic heterocycles. The Bertz CT molecular complexity index is 1060. The van der Waals surface area contributed by atoms with Gasteiger partial charge in [-0.3, -0.25) is 9.59 Å². The van der Waals surface area contributed by atoms with Crippen molar-refractivity contribution in [3.8, 4) is 11.5 Å². The van der Waals surface area contributed by atoms with E-state index in [2.05, 4.69) is 15.5 Å². The predicted molar refractivity (Wildman–Crippen MR) is 121 cm³/mol. The van der Waals surface area contributed by atoms with E-state index in [0.717, 1.165) is 11.1 Å². The number of nitrogens with zero attached hydrogens (tertiary/aromatic N) is 2. The fraction of sp³-hybridized carbons (Fsp3) is 0.333. The summed E-state index contributed by atoms with van der Waals surface area (Å²) in [7, 11) is 0. The largest absolute Gasteiger partial charge is 0.463 e. The predicted octanol–water partition coefficient (Wildman–Crippen LogP) is 4.83. The number of carbonyl (C=O) groups excluding carboxylic acids is 2. The molecular weight excluding hydrogens is 430 g/mol. The molecule has 0 fully saturated rings. The smallest absolute Gasteiger partial charge is 0.308 e. The van der Waals surface area contributed by atoms with Crippen molar-refractivity contribution < 1.29 is 18.7 Å². The van der Waals surface area contributed by atoms with Crippen molar-refractivity contribution in [1.29, 1.82) is 0 Å². The van der Waals surface area contributed by atoms with Crippen molar-refractivity contribution >= 4 is 23.5 Å². The van der Waals surface area contributed by atoms with Gasteiger partial charge in [0.05, 0.1) is 18.6 Å². The second-order valence-electron chi connectivity index (χ2n) is 7.75. The van der Waals surface area contributed by atoms with Crippen molar-refractivity contribution in [3.63, 3.8) is 0 Å². The van der Waals surface area contributed by atoms with Crippen LogP contribution in [0.5, 0.6) is 0 Å². The molecule has 1 N–H and O–H groups in total. The number of hydrogen-bond donors (Lipinski definition) is 1. The van der Waals surface area contributed by atoms with Crippen LogP contribution in [0.15, 0.2) is 52.9 Å². The van der Waals surface area contributed by atoms with Crippen LogP contribution in [-0.4, -0.2) is 28.2 Å². The average molecular weight is 456 g/mol. The molecule has 1 atom stereocenters. The van der Waals surface area contributed by atoms with Gasteiger partial charge in [-0.1, -0.05) is 47.5 Å². The molecule has 0 radical (unpaired) electrons. The standard InChI is InChI=1S/C24H26ClN3O4/c1-15(2)31-23(30)14-20(18-6-4-5-7-19(18)25)26-21(29)12-13-22-27-28-24(32-22)17-10-8-16(3)9-11-17/h4-11,15,20H,12-14H2,1-3H3,(H,26,29). The maximum Gasteiger partial charge on any atom is 0.308 e. The number of amides is 1. The lowest BCUT2D eigenvalue weighted by molar-refractivity contribution is -0.148. The maximum absolute atomic E-state index is 12.6. The Morgan fingerprint density at radius 3 is 2.50 bits per heavy atom. The molecule has 0 saturated heterocycles. The number of hydrogen-bond acceptors (Lipinski definition) is 6. The Hall–Kier alpha value is -3.19. The molecule has 0 spiro atoms. The van der Waals surface area contributed by atoms with Gasteiger partial charge in [0.15, 0.2) is 0 Å². The zero-order valence-electron chi connectivity index (χ0n) is 18.3. The molecule has 32 heavy (non-hydrogen) atoms. The molecule has 1 unspecified atom stereocenters. The SMILES string of the molecule is Cc1ccc(-c2nnc(CCC(=O)NC(CC(=O)OC(C)C)c3ccccc3Cl)o2)cc1. The molecule has 8 heteroatoms. The molecule has 1 aromatic heterocycles. The molecule has 0 saturated carbocycles. The number of nitrogens with one attached hydrogen (secondary N) is 1. The number of ether oxygens (including phenoxy) is 1. The van der Waals surface area contributed by atoms with Crippen LogP contribution in [0.4, 0.5) is 0 Å². The summed E-state index contributed by atoms with van der Waals surface area (Å²) < 4.78 is 10.9. The third-order valence-electron chi connectivity index (χ3n) is 4.69. The van der Waals surface area contributed by atoms with Crippen LogP contribution in [0.2, 0.25) is 5.02 Å². The Labute approximate surface area is 192 Å². The fourth-order valence-electron chi connectivity index (χ4n) is 3.13. The topological polar surface area (TPSA) is 94.3 Å². The van der Waals surface area contributed by atoms with Crippen LogP contribution in [0.1, 0.15) is 49.7 Å². The maximum atomic E-state index is 12.6. The number of halogens is 1.